The third-order valence-corrected chi connectivity index (χ3v) is 5.62. The Balaban J connectivity index is 1.84. The molecular weight excluding hydrogens is 350 g/mol. The summed E-state index contributed by atoms with van der Waals surface area (Å²) in [5.74, 6) is -0.703. The van der Waals surface area contributed by atoms with Gasteiger partial charge >= 0.3 is 5.69 Å². The molecule has 11 heteroatoms. The van der Waals surface area contributed by atoms with E-state index in [4.69, 9.17) is 0 Å². The van der Waals surface area contributed by atoms with Crippen LogP contribution in [0.1, 0.15) is 12.8 Å². The van der Waals surface area contributed by atoms with Crippen molar-refractivity contribution < 1.29 is 13.5 Å². The van der Waals surface area contributed by atoms with Crippen molar-refractivity contribution >= 4 is 21.4 Å². The van der Waals surface area contributed by atoms with Crippen molar-refractivity contribution in [1.29, 1.82) is 0 Å². The Bertz CT molecular complexity index is 1020. The Morgan fingerprint density at radius 3 is 2.24 bits per heavy atom. The van der Waals surface area contributed by atoms with E-state index in [2.05, 4.69) is 10.2 Å². The number of aromatic hydroxyl groups is 1. The van der Waals surface area contributed by atoms with Crippen molar-refractivity contribution in [2.45, 2.75) is 17.7 Å². The molecule has 1 aromatic heterocycles. The van der Waals surface area contributed by atoms with Gasteiger partial charge in [-0.2, -0.15) is 9.42 Å². The van der Waals surface area contributed by atoms with Crippen molar-refractivity contribution in [1.82, 2.24) is 14.3 Å². The molecule has 1 aromatic carbocycles. The quantitative estimate of drug-likeness (QED) is 0.690. The smallest absolute Gasteiger partial charge is 0.328 e. The fourth-order valence-electron chi connectivity index (χ4n) is 2.43. The van der Waals surface area contributed by atoms with Crippen LogP contribution in [0.15, 0.2) is 49.0 Å². The monoisotopic (exact) mass is 365 g/mol. The lowest BCUT2D eigenvalue weighted by Gasteiger charge is -2.15. The summed E-state index contributed by atoms with van der Waals surface area (Å²) in [6.07, 6.45) is 1.70. The number of aromatic amines is 2. The molecule has 0 spiro atoms. The Morgan fingerprint density at radius 1 is 1.00 bits per heavy atom. The van der Waals surface area contributed by atoms with Crippen LogP contribution in [0.3, 0.4) is 0 Å². The van der Waals surface area contributed by atoms with Gasteiger partial charge in [0.1, 0.15) is 0 Å². The second-order valence-electron chi connectivity index (χ2n) is 5.41. The lowest BCUT2D eigenvalue weighted by Crippen LogP contribution is -2.27. The van der Waals surface area contributed by atoms with E-state index in [1.807, 2.05) is 9.97 Å². The molecule has 10 nitrogen and oxygen atoms in total. The van der Waals surface area contributed by atoms with Crippen LogP contribution in [0, 0.1) is 0 Å². The molecule has 132 valence electrons. The lowest BCUT2D eigenvalue weighted by atomic mass is 10.3. The van der Waals surface area contributed by atoms with Crippen LogP contribution in [0.4, 0.5) is 11.4 Å². The first-order chi connectivity index (χ1) is 11.9. The standard InChI is InChI=1S/C14H15N5O5S/c20-12-11(13(21)16-14(22)15-12)18-17-9-3-5-10(6-4-9)25(23,24)19-7-1-2-8-19/h3-6H,1-2,7-8H2,(H3,15,16,20,21,22). The van der Waals surface area contributed by atoms with Crippen LogP contribution >= 0.6 is 0 Å². The maximum absolute atomic E-state index is 12.4. The normalized spacial score (nSPS) is 15.8. The molecule has 3 N–H and O–H groups in total. The molecule has 1 aliphatic heterocycles. The first-order valence-corrected chi connectivity index (χ1v) is 8.89. The van der Waals surface area contributed by atoms with E-state index in [1.54, 1.807) is 0 Å². The maximum atomic E-state index is 12.4. The highest BCUT2D eigenvalue weighted by Gasteiger charge is 2.26. The topological polar surface area (TPSA) is 148 Å². The van der Waals surface area contributed by atoms with Crippen LogP contribution in [0.2, 0.25) is 0 Å². The highest BCUT2D eigenvalue weighted by atomic mass is 32.2. The first kappa shape index (κ1) is 17.0. The predicted octanol–water partition coefficient (Wildman–Crippen LogP) is 0.969. The fraction of sp³-hybridized carbons (Fsp3) is 0.286. The van der Waals surface area contributed by atoms with E-state index in [-0.39, 0.29) is 10.6 Å². The molecule has 3 rings (SSSR count). The number of benzene rings is 1. The first-order valence-electron chi connectivity index (χ1n) is 7.45. The molecule has 0 atom stereocenters. The second-order valence-corrected chi connectivity index (χ2v) is 7.35. The molecule has 1 aliphatic rings. The number of sulfonamides is 1. The minimum atomic E-state index is -3.51. The number of aromatic nitrogens is 2. The van der Waals surface area contributed by atoms with Crippen LogP contribution in [0.5, 0.6) is 5.88 Å². The zero-order chi connectivity index (χ0) is 18.0. The fourth-order valence-corrected chi connectivity index (χ4v) is 3.95. The van der Waals surface area contributed by atoms with Gasteiger partial charge in [-0.05, 0) is 37.1 Å². The summed E-state index contributed by atoms with van der Waals surface area (Å²) in [4.78, 5) is 26.6. The van der Waals surface area contributed by atoms with E-state index >= 15 is 0 Å². The molecule has 1 fully saturated rings. The third-order valence-electron chi connectivity index (χ3n) is 3.70. The molecule has 0 radical (unpaired) electrons. The number of nitrogens with one attached hydrogen (secondary N) is 2. The Hall–Kier alpha value is -2.79. The Labute approximate surface area is 141 Å². The third kappa shape index (κ3) is 3.51. The Morgan fingerprint density at radius 2 is 1.64 bits per heavy atom. The molecule has 2 aromatic rings. The minimum absolute atomic E-state index is 0.151. The molecule has 0 unspecified atom stereocenters. The molecule has 0 aliphatic carbocycles. The average Bonchev–Trinajstić information content (AvgIpc) is 3.09. The van der Waals surface area contributed by atoms with Crippen LogP contribution in [0.25, 0.3) is 0 Å². The van der Waals surface area contributed by atoms with Crippen molar-refractivity contribution in [3.8, 4) is 5.88 Å². The van der Waals surface area contributed by atoms with Crippen LogP contribution in [-0.2, 0) is 10.0 Å². The molecule has 2 heterocycles. The summed E-state index contributed by atoms with van der Waals surface area (Å²) in [5, 5.41) is 16.9. The van der Waals surface area contributed by atoms with E-state index < -0.39 is 32.8 Å². The van der Waals surface area contributed by atoms with E-state index in [1.165, 1.54) is 28.6 Å². The van der Waals surface area contributed by atoms with Crippen molar-refractivity contribution in [2.24, 2.45) is 10.2 Å². The van der Waals surface area contributed by atoms with Gasteiger partial charge in [0, 0.05) is 13.1 Å². The van der Waals surface area contributed by atoms with Gasteiger partial charge in [0.05, 0.1) is 10.6 Å². The van der Waals surface area contributed by atoms with Gasteiger partial charge in [-0.25, -0.2) is 13.2 Å². The van der Waals surface area contributed by atoms with Crippen molar-refractivity contribution in [2.75, 3.05) is 13.1 Å². The van der Waals surface area contributed by atoms with Crippen molar-refractivity contribution in [3.63, 3.8) is 0 Å². The number of hydrogen-bond donors (Lipinski definition) is 3. The van der Waals surface area contributed by atoms with Crippen LogP contribution < -0.4 is 11.2 Å². The highest BCUT2D eigenvalue weighted by molar-refractivity contribution is 7.89. The predicted molar refractivity (Wildman–Crippen MR) is 88.0 cm³/mol. The molecule has 25 heavy (non-hydrogen) atoms. The van der Waals surface area contributed by atoms with E-state index in [9.17, 15) is 23.1 Å². The molecule has 0 bridgehead atoms. The number of rotatable bonds is 4. The molecular formula is C14H15N5O5S. The molecule has 0 saturated carbocycles. The molecule has 0 amide bonds. The summed E-state index contributed by atoms with van der Waals surface area (Å²) < 4.78 is 26.2. The number of H-pyrrole nitrogens is 2. The number of azo groups is 1. The number of nitrogens with zero attached hydrogens (tertiary/aromatic N) is 3. The van der Waals surface area contributed by atoms with Gasteiger partial charge in [-0.1, -0.05) is 0 Å². The van der Waals surface area contributed by atoms with Gasteiger partial charge < -0.3 is 5.11 Å². The summed E-state index contributed by atoms with van der Waals surface area (Å²) >= 11 is 0. The highest BCUT2D eigenvalue weighted by Crippen LogP contribution is 2.24. The lowest BCUT2D eigenvalue weighted by molar-refractivity contribution is 0.450. The van der Waals surface area contributed by atoms with E-state index in [0.717, 1.165) is 12.8 Å². The van der Waals surface area contributed by atoms with Gasteiger partial charge in [0.25, 0.3) is 5.56 Å². The summed E-state index contributed by atoms with van der Waals surface area (Å²) in [7, 11) is -3.51. The van der Waals surface area contributed by atoms with E-state index in [0.29, 0.717) is 13.1 Å². The summed E-state index contributed by atoms with van der Waals surface area (Å²) in [5.41, 5.74) is -1.92. The summed E-state index contributed by atoms with van der Waals surface area (Å²) in [6, 6.07) is 5.67. The van der Waals surface area contributed by atoms with Gasteiger partial charge in [0.15, 0.2) is 0 Å². The Kier molecular flexibility index (Phi) is 4.51. The van der Waals surface area contributed by atoms with Gasteiger partial charge in [0.2, 0.25) is 21.6 Å². The SMILES string of the molecule is O=c1[nH]c(O)c(N=Nc2ccc(S(=O)(=O)N3CCCC3)cc2)c(=O)[nH]1. The zero-order valence-electron chi connectivity index (χ0n) is 13.0. The van der Waals surface area contributed by atoms with Crippen LogP contribution in [-0.4, -0.2) is 40.9 Å². The minimum Gasteiger partial charge on any atom is -0.493 e. The summed E-state index contributed by atoms with van der Waals surface area (Å²) in [6.45, 7) is 1.02. The average molecular weight is 365 g/mol. The maximum Gasteiger partial charge on any atom is 0.328 e. The van der Waals surface area contributed by atoms with Gasteiger partial charge in [-0.3, -0.25) is 14.8 Å². The van der Waals surface area contributed by atoms with Crippen molar-refractivity contribution in [3.05, 3.63) is 45.1 Å². The molecule has 1 saturated heterocycles. The van der Waals surface area contributed by atoms with Gasteiger partial charge in [-0.15, -0.1) is 5.11 Å². The second kappa shape index (κ2) is 6.61. The zero-order valence-corrected chi connectivity index (χ0v) is 13.8. The largest absolute Gasteiger partial charge is 0.493 e. The number of hydrogen-bond acceptors (Lipinski definition) is 7.